The third-order valence-electron chi connectivity index (χ3n) is 6.34. The summed E-state index contributed by atoms with van der Waals surface area (Å²) in [6.45, 7) is 4.19. The van der Waals surface area contributed by atoms with Crippen LogP contribution in [0.25, 0.3) is 10.9 Å². The largest absolute Gasteiger partial charge is 0.337 e. The first-order chi connectivity index (χ1) is 12.7. The summed E-state index contributed by atoms with van der Waals surface area (Å²) < 4.78 is 2.14. The number of fused-ring (bicyclic) bond motifs is 1. The number of aromatic nitrogens is 4. The molecule has 1 aliphatic heterocycles. The highest BCUT2D eigenvalue weighted by Crippen LogP contribution is 2.56. The lowest BCUT2D eigenvalue weighted by Crippen LogP contribution is -2.36. The SMILES string of the molecule is Cn1ccnc1CN(Cc1ccc2cn[nH]c2c1)[C@H]1CC12CCNCC2. The van der Waals surface area contributed by atoms with Gasteiger partial charge in [0.05, 0.1) is 18.3 Å². The van der Waals surface area contributed by atoms with E-state index in [1.807, 2.05) is 18.6 Å². The van der Waals surface area contributed by atoms with Gasteiger partial charge in [-0.15, -0.1) is 0 Å². The van der Waals surface area contributed by atoms with Gasteiger partial charge in [0.25, 0.3) is 0 Å². The van der Waals surface area contributed by atoms with E-state index in [1.165, 1.54) is 30.2 Å². The van der Waals surface area contributed by atoms with Crippen molar-refractivity contribution in [3.05, 3.63) is 48.2 Å². The highest BCUT2D eigenvalue weighted by atomic mass is 15.2. The van der Waals surface area contributed by atoms with Gasteiger partial charge < -0.3 is 9.88 Å². The molecule has 6 nitrogen and oxygen atoms in total. The first-order valence-corrected chi connectivity index (χ1v) is 9.57. The van der Waals surface area contributed by atoms with Crippen LogP contribution in [0.4, 0.5) is 0 Å². The Morgan fingerprint density at radius 3 is 2.96 bits per heavy atom. The second-order valence-electron chi connectivity index (χ2n) is 7.98. The molecule has 1 atom stereocenters. The smallest absolute Gasteiger partial charge is 0.122 e. The van der Waals surface area contributed by atoms with Crippen molar-refractivity contribution in [1.29, 1.82) is 0 Å². The van der Waals surface area contributed by atoms with Crippen molar-refractivity contribution in [2.75, 3.05) is 13.1 Å². The maximum atomic E-state index is 4.58. The van der Waals surface area contributed by atoms with E-state index in [-0.39, 0.29) is 0 Å². The van der Waals surface area contributed by atoms with Gasteiger partial charge in [-0.3, -0.25) is 10.00 Å². The van der Waals surface area contributed by atoms with E-state index < -0.39 is 0 Å². The van der Waals surface area contributed by atoms with Crippen molar-refractivity contribution in [2.24, 2.45) is 12.5 Å². The van der Waals surface area contributed by atoms with Crippen LogP contribution in [0.3, 0.4) is 0 Å². The number of imidazole rings is 1. The monoisotopic (exact) mass is 350 g/mol. The molecule has 0 unspecified atom stereocenters. The Morgan fingerprint density at radius 2 is 2.15 bits per heavy atom. The summed E-state index contributed by atoms with van der Waals surface area (Å²) in [6, 6.07) is 7.31. The molecule has 0 bridgehead atoms. The first kappa shape index (κ1) is 16.0. The van der Waals surface area contributed by atoms with E-state index in [2.05, 4.69) is 55.2 Å². The zero-order chi connectivity index (χ0) is 17.6. The third-order valence-corrected chi connectivity index (χ3v) is 6.34. The normalized spacial score (nSPS) is 21.7. The average Bonchev–Trinajstić information content (AvgIpc) is 2.98. The lowest BCUT2D eigenvalue weighted by molar-refractivity contribution is 0.183. The molecule has 1 saturated heterocycles. The van der Waals surface area contributed by atoms with Crippen LogP contribution in [-0.2, 0) is 20.1 Å². The topological polar surface area (TPSA) is 61.8 Å². The van der Waals surface area contributed by atoms with Gasteiger partial charge in [0.1, 0.15) is 5.82 Å². The molecule has 2 N–H and O–H groups in total. The van der Waals surface area contributed by atoms with Crippen molar-refractivity contribution in [2.45, 2.75) is 38.4 Å². The number of piperidine rings is 1. The molecule has 5 rings (SSSR count). The molecule has 1 aliphatic carbocycles. The van der Waals surface area contributed by atoms with Crippen LogP contribution in [0, 0.1) is 5.41 Å². The number of hydrogen-bond acceptors (Lipinski definition) is 4. The predicted molar refractivity (Wildman–Crippen MR) is 101 cm³/mol. The van der Waals surface area contributed by atoms with E-state index in [0.29, 0.717) is 11.5 Å². The van der Waals surface area contributed by atoms with E-state index in [0.717, 1.165) is 37.5 Å². The minimum absolute atomic E-state index is 0.522. The number of rotatable bonds is 5. The van der Waals surface area contributed by atoms with Crippen LogP contribution in [-0.4, -0.2) is 43.8 Å². The molecule has 2 aromatic heterocycles. The van der Waals surface area contributed by atoms with Gasteiger partial charge in [-0.25, -0.2) is 4.98 Å². The molecule has 0 amide bonds. The Labute approximate surface area is 153 Å². The zero-order valence-corrected chi connectivity index (χ0v) is 15.3. The van der Waals surface area contributed by atoms with Gasteiger partial charge >= 0.3 is 0 Å². The van der Waals surface area contributed by atoms with Crippen LogP contribution in [0.2, 0.25) is 0 Å². The van der Waals surface area contributed by atoms with Gasteiger partial charge in [-0.1, -0.05) is 12.1 Å². The number of benzene rings is 1. The Bertz CT molecular complexity index is 904. The Balaban J connectivity index is 1.40. The quantitative estimate of drug-likeness (QED) is 0.742. The summed E-state index contributed by atoms with van der Waals surface area (Å²) in [6.07, 6.45) is 9.75. The van der Waals surface area contributed by atoms with Crippen LogP contribution in [0.1, 0.15) is 30.7 Å². The van der Waals surface area contributed by atoms with Gasteiger partial charge in [0, 0.05) is 37.4 Å². The summed E-state index contributed by atoms with van der Waals surface area (Å²) in [7, 11) is 2.09. The summed E-state index contributed by atoms with van der Waals surface area (Å²) in [5, 5.41) is 11.9. The lowest BCUT2D eigenvalue weighted by Gasteiger charge is -2.29. The Morgan fingerprint density at radius 1 is 1.27 bits per heavy atom. The second kappa shape index (κ2) is 6.21. The second-order valence-corrected chi connectivity index (χ2v) is 7.98. The first-order valence-electron chi connectivity index (χ1n) is 9.57. The van der Waals surface area contributed by atoms with Crippen LogP contribution >= 0.6 is 0 Å². The lowest BCUT2D eigenvalue weighted by atomic mass is 9.93. The highest BCUT2D eigenvalue weighted by Gasteiger charge is 2.56. The maximum absolute atomic E-state index is 4.58. The van der Waals surface area contributed by atoms with E-state index in [9.17, 15) is 0 Å². The summed E-state index contributed by atoms with van der Waals surface area (Å²) in [5.74, 6) is 1.14. The molecule has 136 valence electrons. The van der Waals surface area contributed by atoms with E-state index in [4.69, 9.17) is 0 Å². The molecule has 2 aliphatic rings. The standard InChI is InChI=1S/C20H26N6/c1-25-9-8-22-19(25)14-26(18-11-20(18)4-6-21-7-5-20)13-15-2-3-16-12-23-24-17(16)10-15/h2-3,8-10,12,18,21H,4-7,11,13-14H2,1H3,(H,23,24)/t18-/m0/s1. The van der Waals surface area contributed by atoms with Crippen LogP contribution < -0.4 is 5.32 Å². The van der Waals surface area contributed by atoms with Crippen molar-refractivity contribution >= 4 is 10.9 Å². The van der Waals surface area contributed by atoms with Crippen molar-refractivity contribution in [3.63, 3.8) is 0 Å². The summed E-state index contributed by atoms with van der Waals surface area (Å²) in [5.41, 5.74) is 2.98. The minimum Gasteiger partial charge on any atom is -0.337 e. The molecule has 1 aromatic carbocycles. The molecule has 1 spiro atoms. The molecule has 3 aromatic rings. The Hall–Kier alpha value is -2.18. The number of H-pyrrole nitrogens is 1. The molecule has 6 heteroatoms. The fourth-order valence-corrected chi connectivity index (χ4v) is 4.63. The van der Waals surface area contributed by atoms with Gasteiger partial charge in [-0.2, -0.15) is 5.10 Å². The summed E-state index contributed by atoms with van der Waals surface area (Å²) >= 11 is 0. The fourth-order valence-electron chi connectivity index (χ4n) is 4.63. The van der Waals surface area contributed by atoms with Crippen molar-refractivity contribution in [1.82, 2.24) is 30.0 Å². The molecule has 2 fully saturated rings. The number of hydrogen-bond donors (Lipinski definition) is 2. The molecule has 0 radical (unpaired) electrons. The molecule has 26 heavy (non-hydrogen) atoms. The number of nitrogens with one attached hydrogen (secondary N) is 2. The van der Waals surface area contributed by atoms with Gasteiger partial charge in [0.2, 0.25) is 0 Å². The number of aromatic amines is 1. The van der Waals surface area contributed by atoms with Crippen molar-refractivity contribution in [3.8, 4) is 0 Å². The predicted octanol–water partition coefficient (Wildman–Crippen LogP) is 2.44. The number of aryl methyl sites for hydroxylation is 1. The average molecular weight is 350 g/mol. The molecular formula is C20H26N6. The zero-order valence-electron chi connectivity index (χ0n) is 15.3. The summed E-state index contributed by atoms with van der Waals surface area (Å²) in [4.78, 5) is 7.22. The van der Waals surface area contributed by atoms with Crippen molar-refractivity contribution < 1.29 is 0 Å². The van der Waals surface area contributed by atoms with E-state index in [1.54, 1.807) is 0 Å². The van der Waals surface area contributed by atoms with Gasteiger partial charge in [0.15, 0.2) is 0 Å². The van der Waals surface area contributed by atoms with Gasteiger partial charge in [-0.05, 0) is 49.4 Å². The maximum Gasteiger partial charge on any atom is 0.122 e. The molecule has 3 heterocycles. The molecular weight excluding hydrogens is 324 g/mol. The Kier molecular flexibility index (Phi) is 3.83. The highest BCUT2D eigenvalue weighted by molar-refractivity contribution is 5.78. The molecule has 1 saturated carbocycles. The van der Waals surface area contributed by atoms with E-state index >= 15 is 0 Å². The minimum atomic E-state index is 0.522. The van der Waals surface area contributed by atoms with Crippen LogP contribution in [0.15, 0.2) is 36.8 Å². The van der Waals surface area contributed by atoms with Crippen LogP contribution in [0.5, 0.6) is 0 Å². The number of nitrogens with zero attached hydrogens (tertiary/aromatic N) is 4. The third kappa shape index (κ3) is 2.83. The fraction of sp³-hybridized carbons (Fsp3) is 0.500.